The molecule has 0 radical (unpaired) electrons. The average Bonchev–Trinajstić information content (AvgIpc) is 3.87. The maximum atomic E-state index is 12.7. The molecule has 2 aliphatic heterocycles. The van der Waals surface area contributed by atoms with Gasteiger partial charge in [-0.1, -0.05) is 25.5 Å². The van der Waals surface area contributed by atoms with Crippen LogP contribution in [-0.4, -0.2) is 97.0 Å². The van der Waals surface area contributed by atoms with Crippen LogP contribution in [0.25, 0.3) is 0 Å². The fourth-order valence-corrected chi connectivity index (χ4v) is 6.69. The van der Waals surface area contributed by atoms with Crippen molar-refractivity contribution in [1.82, 2.24) is 10.6 Å². The van der Waals surface area contributed by atoms with Crippen molar-refractivity contribution in [3.05, 3.63) is 11.6 Å². The van der Waals surface area contributed by atoms with Crippen molar-refractivity contribution >= 4 is 41.4 Å². The van der Waals surface area contributed by atoms with Crippen molar-refractivity contribution in [1.29, 1.82) is 0 Å². The predicted molar refractivity (Wildman–Crippen MR) is 163 cm³/mol. The van der Waals surface area contributed by atoms with Gasteiger partial charge in [-0.2, -0.15) is 0 Å². The number of esters is 1. The van der Waals surface area contributed by atoms with Gasteiger partial charge in [0.15, 0.2) is 0 Å². The molecule has 0 aromatic rings. The third-order valence-corrected chi connectivity index (χ3v) is 9.44. The van der Waals surface area contributed by atoms with E-state index >= 15 is 0 Å². The number of epoxide rings is 2. The van der Waals surface area contributed by atoms with Crippen LogP contribution in [-0.2, 0) is 42.9 Å². The molecule has 3 fully saturated rings. The summed E-state index contributed by atoms with van der Waals surface area (Å²) in [5.74, 6) is -2.23. The number of hydrogen-bond acceptors (Lipinski definition) is 11. The molecule has 0 aromatic heterocycles. The summed E-state index contributed by atoms with van der Waals surface area (Å²) in [5.41, 5.74) is 0.360. The zero-order valence-electron chi connectivity index (χ0n) is 26.9. The molecule has 2 N–H and O–H groups in total. The molecule has 3 rings (SSSR count). The molecule has 0 aromatic carbocycles. The Bertz CT molecular complexity index is 1100. The van der Waals surface area contributed by atoms with Crippen LogP contribution in [0.2, 0.25) is 0 Å². The number of alkyl carbamates (subject to hydrolysis) is 1. The zero-order chi connectivity index (χ0) is 32.7. The van der Waals surface area contributed by atoms with Crippen molar-refractivity contribution in [2.45, 2.75) is 109 Å². The number of ketones is 1. The van der Waals surface area contributed by atoms with Crippen molar-refractivity contribution in [2.75, 3.05) is 31.8 Å². The Hall–Kier alpha value is -2.48. The minimum absolute atomic E-state index is 0.0121. The number of allylic oxidation sites excluding steroid dienone is 1. The summed E-state index contributed by atoms with van der Waals surface area (Å²) in [6, 6.07) is -1.01. The number of rotatable bonds is 16. The normalized spacial score (nSPS) is 29.4. The highest BCUT2D eigenvalue weighted by Gasteiger charge is 2.72. The summed E-state index contributed by atoms with van der Waals surface area (Å²) in [6.07, 6.45) is 2.18. The highest BCUT2D eigenvalue weighted by molar-refractivity contribution is 8.00. The SMILES string of the molecule is CCOC(=O)[C@@H](CSCC(=O)NC(=O)O[C@@H]1CC[C@]2(CO2)[C@@H]([C@]2(C)O[C@@H]2CC=C(C)C)[C@@H]1OC)NC(=O)CCC(=O)C(C)C. The summed E-state index contributed by atoms with van der Waals surface area (Å²) in [7, 11) is 1.58. The zero-order valence-corrected chi connectivity index (χ0v) is 27.7. The molecule has 0 bridgehead atoms. The van der Waals surface area contributed by atoms with E-state index in [-0.39, 0.29) is 60.3 Å². The van der Waals surface area contributed by atoms with E-state index in [1.165, 1.54) is 5.57 Å². The first-order valence-electron chi connectivity index (χ1n) is 15.3. The maximum absolute atomic E-state index is 12.7. The quantitative estimate of drug-likeness (QED) is 0.145. The lowest BCUT2D eigenvalue weighted by atomic mass is 9.68. The molecule has 1 saturated carbocycles. The first-order chi connectivity index (χ1) is 20.8. The van der Waals surface area contributed by atoms with E-state index in [0.717, 1.165) is 18.2 Å². The van der Waals surface area contributed by atoms with Gasteiger partial charge in [-0.3, -0.25) is 19.7 Å². The Labute approximate surface area is 264 Å². The molecule has 248 valence electrons. The lowest BCUT2D eigenvalue weighted by Gasteiger charge is -2.42. The molecule has 44 heavy (non-hydrogen) atoms. The predicted octanol–water partition coefficient (Wildman–Crippen LogP) is 3.10. The average molecular weight is 641 g/mol. The molecule has 3 aliphatic rings. The number of hydrogen-bond donors (Lipinski definition) is 2. The van der Waals surface area contributed by atoms with Gasteiger partial charge in [0.1, 0.15) is 35.2 Å². The largest absolute Gasteiger partial charge is 0.464 e. The van der Waals surface area contributed by atoms with Crippen LogP contribution in [0.5, 0.6) is 0 Å². The van der Waals surface area contributed by atoms with Crippen LogP contribution >= 0.6 is 11.8 Å². The molecule has 7 atom stereocenters. The van der Waals surface area contributed by atoms with E-state index in [9.17, 15) is 24.0 Å². The van der Waals surface area contributed by atoms with E-state index in [1.54, 1.807) is 27.9 Å². The van der Waals surface area contributed by atoms with E-state index in [4.69, 9.17) is 23.7 Å². The smallest absolute Gasteiger partial charge is 0.414 e. The number of ether oxygens (including phenoxy) is 5. The molecule has 13 heteroatoms. The second kappa shape index (κ2) is 15.7. The van der Waals surface area contributed by atoms with Crippen LogP contribution < -0.4 is 10.6 Å². The van der Waals surface area contributed by atoms with Gasteiger partial charge in [-0.25, -0.2) is 9.59 Å². The molecule has 1 aliphatic carbocycles. The second-order valence-electron chi connectivity index (χ2n) is 12.4. The van der Waals surface area contributed by atoms with Crippen molar-refractivity contribution in [2.24, 2.45) is 11.8 Å². The van der Waals surface area contributed by atoms with Crippen LogP contribution in [0, 0.1) is 11.8 Å². The molecule has 2 saturated heterocycles. The highest BCUT2D eigenvalue weighted by atomic mass is 32.2. The molecule has 12 nitrogen and oxygen atoms in total. The van der Waals surface area contributed by atoms with Gasteiger partial charge < -0.3 is 29.0 Å². The first-order valence-corrected chi connectivity index (χ1v) is 16.5. The standard InChI is InChI=1S/C31H48N2O10S/c1-8-40-28(37)20(32-24(35)12-10-21(34)19(4)5)15-44-16-25(36)33-29(38)42-22-13-14-31(17-41-31)27(26(22)39-7)30(6)23(43-30)11-9-18(2)3/h9,19-20,22-23,26-27H,8,10-17H2,1-7H3,(H,32,35)(H,33,36,38)/t20-,22-,23-,26-,27-,30-,31+/m1/s1. The van der Waals surface area contributed by atoms with Crippen LogP contribution in [0.3, 0.4) is 0 Å². The number of amides is 3. The van der Waals surface area contributed by atoms with Gasteiger partial charge >= 0.3 is 12.1 Å². The van der Waals surface area contributed by atoms with E-state index in [1.807, 2.05) is 13.8 Å². The molecule has 2 heterocycles. The second-order valence-corrected chi connectivity index (χ2v) is 13.4. The number of carbonyl (C=O) groups excluding carboxylic acids is 5. The molecular weight excluding hydrogens is 592 g/mol. The summed E-state index contributed by atoms with van der Waals surface area (Å²) < 4.78 is 28.7. The molecule has 0 unspecified atom stereocenters. The molecular formula is C31H48N2O10S. The number of thioether (sulfide) groups is 1. The van der Waals surface area contributed by atoms with Crippen molar-refractivity contribution < 1.29 is 47.7 Å². The summed E-state index contributed by atoms with van der Waals surface area (Å²) in [6.45, 7) is 12.0. The van der Waals surface area contributed by atoms with E-state index < -0.39 is 47.7 Å². The summed E-state index contributed by atoms with van der Waals surface area (Å²) >= 11 is 1.05. The first kappa shape index (κ1) is 36.0. The lowest BCUT2D eigenvalue weighted by Crippen LogP contribution is -2.56. The van der Waals surface area contributed by atoms with Crippen LogP contribution in [0.4, 0.5) is 4.79 Å². The van der Waals surface area contributed by atoms with E-state index in [0.29, 0.717) is 19.4 Å². The van der Waals surface area contributed by atoms with Crippen molar-refractivity contribution in [3.8, 4) is 0 Å². The monoisotopic (exact) mass is 640 g/mol. The number of carbonyl (C=O) groups is 5. The Morgan fingerprint density at radius 1 is 1.11 bits per heavy atom. The van der Waals surface area contributed by atoms with Crippen LogP contribution in [0.1, 0.15) is 73.6 Å². The fourth-order valence-electron chi connectivity index (χ4n) is 5.86. The maximum Gasteiger partial charge on any atom is 0.414 e. The minimum atomic E-state index is -1.01. The van der Waals surface area contributed by atoms with Gasteiger partial charge in [-0.15, -0.1) is 11.8 Å². The van der Waals surface area contributed by atoms with Gasteiger partial charge in [0.05, 0.1) is 31.0 Å². The molecule has 3 amide bonds. The third kappa shape index (κ3) is 9.51. The Kier molecular flexibility index (Phi) is 12.8. The van der Waals surface area contributed by atoms with Gasteiger partial charge in [0, 0.05) is 31.6 Å². The van der Waals surface area contributed by atoms with E-state index in [2.05, 4.69) is 23.6 Å². The Balaban J connectivity index is 1.50. The number of nitrogens with one attached hydrogen (secondary N) is 2. The number of methoxy groups -OCH3 is 1. The number of imide groups is 1. The molecule has 1 spiro atoms. The summed E-state index contributed by atoms with van der Waals surface area (Å²) in [4.78, 5) is 61.8. The lowest BCUT2D eigenvalue weighted by molar-refractivity contribution is -0.146. The minimum Gasteiger partial charge on any atom is -0.464 e. The summed E-state index contributed by atoms with van der Waals surface area (Å²) in [5, 5.41) is 4.82. The van der Waals surface area contributed by atoms with Gasteiger partial charge in [-0.05, 0) is 47.0 Å². The van der Waals surface area contributed by atoms with Gasteiger partial charge in [0.25, 0.3) is 0 Å². The Morgan fingerprint density at radius 3 is 2.41 bits per heavy atom. The highest BCUT2D eigenvalue weighted by Crippen LogP contribution is 2.59. The Morgan fingerprint density at radius 2 is 1.82 bits per heavy atom. The van der Waals surface area contributed by atoms with Crippen molar-refractivity contribution in [3.63, 3.8) is 0 Å². The van der Waals surface area contributed by atoms with Gasteiger partial charge in [0.2, 0.25) is 11.8 Å². The fraction of sp³-hybridized carbons (Fsp3) is 0.774. The number of Topliss-reactive ketones (excluding diaryl/α,β-unsaturated/α-hetero) is 1. The van der Waals surface area contributed by atoms with Crippen LogP contribution in [0.15, 0.2) is 11.6 Å². The third-order valence-electron chi connectivity index (χ3n) is 8.40. The topological polar surface area (TPSA) is 162 Å².